The van der Waals surface area contributed by atoms with E-state index in [1.165, 1.54) is 0 Å². The maximum Gasteiger partial charge on any atom is 0.411 e. The van der Waals surface area contributed by atoms with E-state index in [4.69, 9.17) is 10.00 Å². The van der Waals surface area contributed by atoms with Crippen molar-refractivity contribution in [1.29, 1.82) is 5.26 Å². The summed E-state index contributed by atoms with van der Waals surface area (Å²) in [4.78, 5) is 11.6. The molecule has 0 bridgehead atoms. The number of ether oxygens (including phenoxy) is 2. The molecular formula is C13H13F3N2O3. The Kier molecular flexibility index (Phi) is 6.49. The first-order chi connectivity index (χ1) is 9.92. The fourth-order valence-electron chi connectivity index (χ4n) is 1.37. The average Bonchev–Trinajstić information content (AvgIpc) is 2.42. The zero-order chi connectivity index (χ0) is 15.7. The Morgan fingerprint density at radius 1 is 1.33 bits per heavy atom. The van der Waals surface area contributed by atoms with E-state index in [0.717, 1.165) is 0 Å². The molecule has 1 amide bonds. The summed E-state index contributed by atoms with van der Waals surface area (Å²) in [5.41, 5.74) is 0.341. The molecule has 0 atom stereocenters. The highest BCUT2D eigenvalue weighted by Crippen LogP contribution is 2.23. The third-order valence-electron chi connectivity index (χ3n) is 2.19. The first-order valence-electron chi connectivity index (χ1n) is 5.95. The van der Waals surface area contributed by atoms with E-state index in [-0.39, 0.29) is 19.6 Å². The number of anilines is 1. The fourth-order valence-corrected chi connectivity index (χ4v) is 1.37. The van der Waals surface area contributed by atoms with Crippen molar-refractivity contribution in [3.63, 3.8) is 0 Å². The predicted octanol–water partition coefficient (Wildman–Crippen LogP) is 2.50. The van der Waals surface area contributed by atoms with Crippen molar-refractivity contribution in [2.75, 3.05) is 25.1 Å². The number of alkyl halides is 3. The van der Waals surface area contributed by atoms with Gasteiger partial charge in [-0.05, 0) is 12.1 Å². The molecule has 21 heavy (non-hydrogen) atoms. The number of hydrogen-bond acceptors (Lipinski definition) is 4. The van der Waals surface area contributed by atoms with Gasteiger partial charge < -0.3 is 14.8 Å². The smallest absolute Gasteiger partial charge is 0.411 e. The summed E-state index contributed by atoms with van der Waals surface area (Å²) >= 11 is 0. The second-order valence-corrected chi connectivity index (χ2v) is 3.91. The van der Waals surface area contributed by atoms with Crippen LogP contribution in [0.1, 0.15) is 6.42 Å². The van der Waals surface area contributed by atoms with Gasteiger partial charge in [-0.1, -0.05) is 12.1 Å². The van der Waals surface area contributed by atoms with Gasteiger partial charge in [-0.3, -0.25) is 4.79 Å². The SMILES string of the molecule is N#CCOc1ccccc1NC(=O)CCOCC(F)(F)F. The van der Waals surface area contributed by atoms with E-state index >= 15 is 0 Å². The van der Waals surface area contributed by atoms with E-state index < -0.39 is 18.7 Å². The number of carbonyl (C=O) groups excluding carboxylic acids is 1. The molecule has 8 heteroatoms. The van der Waals surface area contributed by atoms with Crippen LogP contribution in [0, 0.1) is 11.3 Å². The van der Waals surface area contributed by atoms with Gasteiger partial charge in [0.2, 0.25) is 5.91 Å². The summed E-state index contributed by atoms with van der Waals surface area (Å²) in [5, 5.41) is 10.9. The quantitative estimate of drug-likeness (QED) is 0.786. The summed E-state index contributed by atoms with van der Waals surface area (Å²) in [5.74, 6) is -0.200. The number of benzene rings is 1. The first-order valence-corrected chi connectivity index (χ1v) is 5.95. The number of nitrogens with one attached hydrogen (secondary N) is 1. The van der Waals surface area contributed by atoms with E-state index in [9.17, 15) is 18.0 Å². The molecule has 1 aromatic rings. The lowest BCUT2D eigenvalue weighted by atomic mass is 10.3. The Labute approximate surface area is 119 Å². The van der Waals surface area contributed by atoms with E-state index in [1.807, 2.05) is 0 Å². The van der Waals surface area contributed by atoms with Gasteiger partial charge in [0.1, 0.15) is 18.4 Å². The minimum Gasteiger partial charge on any atom is -0.477 e. The molecular weight excluding hydrogens is 289 g/mol. The Bertz CT molecular complexity index is 512. The van der Waals surface area contributed by atoms with Crippen LogP contribution in [0.2, 0.25) is 0 Å². The molecule has 0 fully saturated rings. The van der Waals surface area contributed by atoms with Crippen LogP contribution in [0.25, 0.3) is 0 Å². The number of amides is 1. The third kappa shape index (κ3) is 7.17. The van der Waals surface area contributed by atoms with Crippen LogP contribution in [-0.2, 0) is 9.53 Å². The topological polar surface area (TPSA) is 71.3 Å². The Morgan fingerprint density at radius 2 is 2.05 bits per heavy atom. The summed E-state index contributed by atoms with van der Waals surface area (Å²) in [6.07, 6.45) is -4.63. The van der Waals surface area contributed by atoms with Crippen LogP contribution in [0.15, 0.2) is 24.3 Å². The van der Waals surface area contributed by atoms with Crippen LogP contribution >= 0.6 is 0 Å². The highest BCUT2D eigenvalue weighted by molar-refractivity contribution is 5.92. The predicted molar refractivity (Wildman–Crippen MR) is 67.7 cm³/mol. The van der Waals surface area contributed by atoms with Crippen molar-refractivity contribution >= 4 is 11.6 Å². The van der Waals surface area contributed by atoms with Gasteiger partial charge in [-0.2, -0.15) is 18.4 Å². The van der Waals surface area contributed by atoms with Gasteiger partial charge in [0, 0.05) is 0 Å². The van der Waals surface area contributed by atoms with Crippen LogP contribution in [0.3, 0.4) is 0 Å². The van der Waals surface area contributed by atoms with Crippen molar-refractivity contribution in [2.45, 2.75) is 12.6 Å². The van der Waals surface area contributed by atoms with Gasteiger partial charge >= 0.3 is 6.18 Å². The zero-order valence-corrected chi connectivity index (χ0v) is 10.9. The number of para-hydroxylation sites is 2. The number of carbonyl (C=O) groups is 1. The molecule has 0 aromatic heterocycles. The maximum atomic E-state index is 11.8. The molecule has 0 radical (unpaired) electrons. The second-order valence-electron chi connectivity index (χ2n) is 3.91. The van der Waals surface area contributed by atoms with Crippen LogP contribution in [-0.4, -0.2) is 31.9 Å². The van der Waals surface area contributed by atoms with Gasteiger partial charge in [0.05, 0.1) is 18.7 Å². The van der Waals surface area contributed by atoms with Gasteiger partial charge in [0.25, 0.3) is 0 Å². The number of nitrogens with zero attached hydrogens (tertiary/aromatic N) is 1. The molecule has 0 spiro atoms. The van der Waals surface area contributed by atoms with Gasteiger partial charge in [-0.25, -0.2) is 0 Å². The Morgan fingerprint density at radius 3 is 2.71 bits per heavy atom. The summed E-state index contributed by atoms with van der Waals surface area (Å²) < 4.78 is 44.9. The molecule has 0 saturated carbocycles. The average molecular weight is 302 g/mol. The monoisotopic (exact) mass is 302 g/mol. The van der Waals surface area contributed by atoms with Gasteiger partial charge in [0.15, 0.2) is 6.61 Å². The molecule has 0 unspecified atom stereocenters. The normalized spacial score (nSPS) is 10.8. The van der Waals surface area contributed by atoms with Crippen molar-refractivity contribution < 1.29 is 27.4 Å². The van der Waals surface area contributed by atoms with Gasteiger partial charge in [-0.15, -0.1) is 0 Å². The molecule has 0 aliphatic rings. The second kappa shape index (κ2) is 8.11. The number of halogens is 3. The molecule has 1 rings (SSSR count). The minimum atomic E-state index is -4.41. The van der Waals surface area contributed by atoms with E-state index in [1.54, 1.807) is 30.3 Å². The lowest BCUT2D eigenvalue weighted by Gasteiger charge is -2.11. The molecule has 0 aliphatic heterocycles. The molecule has 5 nitrogen and oxygen atoms in total. The Hall–Kier alpha value is -2.27. The molecule has 0 aliphatic carbocycles. The van der Waals surface area contributed by atoms with Crippen LogP contribution in [0.5, 0.6) is 5.75 Å². The minimum absolute atomic E-state index is 0.179. The standard InChI is InChI=1S/C13H13F3N2O3/c14-13(15,16)9-20-7-5-12(19)18-10-3-1-2-4-11(10)21-8-6-17/h1-4H,5,7-9H2,(H,18,19). The summed E-state index contributed by atoms with van der Waals surface area (Å²) in [6, 6.07) is 8.22. The highest BCUT2D eigenvalue weighted by atomic mass is 19.4. The highest BCUT2D eigenvalue weighted by Gasteiger charge is 2.27. The molecule has 0 heterocycles. The summed E-state index contributed by atoms with van der Waals surface area (Å²) in [6.45, 7) is -1.91. The maximum absolute atomic E-state index is 11.8. The van der Waals surface area contributed by atoms with Crippen molar-refractivity contribution in [3.05, 3.63) is 24.3 Å². The fraction of sp³-hybridized carbons (Fsp3) is 0.385. The largest absolute Gasteiger partial charge is 0.477 e. The van der Waals surface area contributed by atoms with Crippen LogP contribution < -0.4 is 10.1 Å². The third-order valence-corrected chi connectivity index (χ3v) is 2.19. The van der Waals surface area contributed by atoms with Crippen molar-refractivity contribution in [3.8, 4) is 11.8 Å². The zero-order valence-electron chi connectivity index (χ0n) is 10.9. The Balaban J connectivity index is 2.42. The molecule has 1 N–H and O–H groups in total. The number of nitriles is 1. The number of hydrogen-bond donors (Lipinski definition) is 1. The van der Waals surface area contributed by atoms with Crippen molar-refractivity contribution in [1.82, 2.24) is 0 Å². The van der Waals surface area contributed by atoms with Crippen LogP contribution in [0.4, 0.5) is 18.9 Å². The lowest BCUT2D eigenvalue weighted by molar-refractivity contribution is -0.174. The molecule has 114 valence electrons. The van der Waals surface area contributed by atoms with E-state index in [2.05, 4.69) is 10.1 Å². The molecule has 1 aromatic carbocycles. The molecule has 0 saturated heterocycles. The first kappa shape index (κ1) is 16.8. The number of rotatable bonds is 7. The van der Waals surface area contributed by atoms with Crippen molar-refractivity contribution in [2.24, 2.45) is 0 Å². The summed E-state index contributed by atoms with van der Waals surface area (Å²) in [7, 11) is 0. The lowest BCUT2D eigenvalue weighted by Crippen LogP contribution is -2.20. The van der Waals surface area contributed by atoms with E-state index in [0.29, 0.717) is 11.4 Å².